The number of imide groups is 1. The van der Waals surface area contributed by atoms with Crippen molar-refractivity contribution < 1.29 is 19.4 Å². The Hall–Kier alpha value is -0.570. The highest BCUT2D eigenvalue weighted by Gasteiger charge is 2.45. The lowest BCUT2D eigenvalue weighted by Crippen LogP contribution is -2.57. The van der Waals surface area contributed by atoms with Gasteiger partial charge in [0.2, 0.25) is 0 Å². The average molecular weight is 370 g/mol. The maximum atomic E-state index is 11.3. The molecule has 1 aliphatic rings. The summed E-state index contributed by atoms with van der Waals surface area (Å²) in [5.41, 5.74) is -0.229. The van der Waals surface area contributed by atoms with Crippen LogP contribution >= 0.6 is 22.9 Å². The Bertz CT molecular complexity index is 339. The summed E-state index contributed by atoms with van der Waals surface area (Å²) in [6.07, 6.45) is -1.23. The first-order chi connectivity index (χ1) is 8.04. The number of carbonyl (C=O) groups is 2. The molecule has 18 heavy (non-hydrogen) atoms. The highest BCUT2D eigenvalue weighted by atomic mass is 127. The normalized spacial score (nSPS) is 23.4. The van der Waals surface area contributed by atoms with Crippen molar-refractivity contribution in [1.29, 1.82) is 0 Å². The molecule has 0 aromatic rings. The van der Waals surface area contributed by atoms with Gasteiger partial charge in [-0.1, -0.05) is 0 Å². The molecule has 6 nitrogen and oxygen atoms in total. The van der Waals surface area contributed by atoms with E-state index in [1.165, 1.54) is 0 Å². The van der Waals surface area contributed by atoms with Gasteiger partial charge in [-0.3, -0.25) is 0 Å². The third-order valence-corrected chi connectivity index (χ3v) is 5.61. The van der Waals surface area contributed by atoms with E-state index < -0.39 is 12.2 Å². The number of rotatable bonds is 1. The number of carboxylic acid groups (broad SMARTS) is 1. The number of halogens is 1. The summed E-state index contributed by atoms with van der Waals surface area (Å²) in [5, 5.41) is 10.1. The van der Waals surface area contributed by atoms with Gasteiger partial charge in [-0.05, 0) is 27.7 Å². The molecule has 2 amide bonds. The topological polar surface area (TPSA) is 78.9 Å². The van der Waals surface area contributed by atoms with E-state index in [4.69, 9.17) is 9.84 Å². The number of nitrogens with one attached hydrogen (secondary N) is 1. The Balaban J connectivity index is 2.69. The van der Waals surface area contributed by atoms with Gasteiger partial charge in [0, 0.05) is 46.8 Å². The second kappa shape index (κ2) is 5.20. The van der Waals surface area contributed by atoms with E-state index in [1.54, 1.807) is 5.32 Å². The highest BCUT2D eigenvalue weighted by Crippen LogP contribution is 2.42. The molecule has 1 aliphatic heterocycles. The van der Waals surface area contributed by atoms with Crippen LogP contribution in [-0.2, 0) is 4.74 Å². The lowest BCUT2D eigenvalue weighted by molar-refractivity contribution is -0.0183. The lowest BCUT2D eigenvalue weighted by atomic mass is 9.81. The van der Waals surface area contributed by atoms with Crippen LogP contribution in [0.5, 0.6) is 0 Å². The van der Waals surface area contributed by atoms with Crippen molar-refractivity contribution in [3.63, 3.8) is 0 Å². The molecule has 0 bridgehead atoms. The summed E-state index contributed by atoms with van der Waals surface area (Å²) in [7, 11) is 0. The van der Waals surface area contributed by atoms with Crippen LogP contribution in [0, 0.1) is 0 Å². The Morgan fingerprint density at radius 2 is 1.72 bits per heavy atom. The molecular formula is C11H19IN2O4. The average Bonchev–Trinajstić information content (AvgIpc) is 2.11. The SMILES string of the molecule is CC1(C)CC(OC(=O)NC(=O)O)CC(C)(C)N1I. The minimum absolute atomic E-state index is 0.115. The number of hydrogen-bond acceptors (Lipinski definition) is 4. The number of hydrogen-bond donors (Lipinski definition) is 2. The zero-order valence-electron chi connectivity index (χ0n) is 11.0. The summed E-state index contributed by atoms with van der Waals surface area (Å²) in [4.78, 5) is 21.6. The Morgan fingerprint density at radius 1 is 1.28 bits per heavy atom. The van der Waals surface area contributed by atoms with Crippen molar-refractivity contribution in [2.75, 3.05) is 0 Å². The van der Waals surface area contributed by atoms with E-state index in [0.29, 0.717) is 12.8 Å². The number of nitrogens with zero attached hydrogens (tertiary/aromatic N) is 1. The molecule has 0 unspecified atom stereocenters. The molecule has 1 heterocycles. The summed E-state index contributed by atoms with van der Waals surface area (Å²) in [6, 6.07) is 0. The van der Waals surface area contributed by atoms with Crippen molar-refractivity contribution in [2.45, 2.75) is 57.7 Å². The summed E-state index contributed by atoms with van der Waals surface area (Å²) < 4.78 is 7.39. The van der Waals surface area contributed by atoms with E-state index in [1.807, 2.05) is 0 Å². The van der Waals surface area contributed by atoms with E-state index >= 15 is 0 Å². The van der Waals surface area contributed by atoms with Gasteiger partial charge >= 0.3 is 12.2 Å². The van der Waals surface area contributed by atoms with Crippen LogP contribution in [0.4, 0.5) is 9.59 Å². The predicted molar refractivity (Wildman–Crippen MR) is 74.7 cm³/mol. The van der Waals surface area contributed by atoms with Crippen molar-refractivity contribution in [1.82, 2.24) is 8.43 Å². The molecule has 7 heteroatoms. The van der Waals surface area contributed by atoms with Gasteiger partial charge in [0.25, 0.3) is 0 Å². The zero-order valence-corrected chi connectivity index (χ0v) is 13.1. The van der Waals surface area contributed by atoms with Gasteiger partial charge in [0.05, 0.1) is 0 Å². The van der Waals surface area contributed by atoms with Gasteiger partial charge in [-0.25, -0.2) is 18.0 Å². The van der Waals surface area contributed by atoms with E-state index in [9.17, 15) is 9.59 Å². The van der Waals surface area contributed by atoms with Crippen molar-refractivity contribution in [3.8, 4) is 0 Å². The highest BCUT2D eigenvalue weighted by molar-refractivity contribution is 14.1. The number of piperidine rings is 1. The Morgan fingerprint density at radius 3 is 2.11 bits per heavy atom. The van der Waals surface area contributed by atoms with Crippen molar-refractivity contribution >= 4 is 35.1 Å². The molecule has 0 saturated carbocycles. The molecular weight excluding hydrogens is 351 g/mol. The molecule has 0 aromatic carbocycles. The minimum Gasteiger partial charge on any atom is -0.465 e. The number of carbonyl (C=O) groups excluding carboxylic acids is 1. The van der Waals surface area contributed by atoms with Crippen molar-refractivity contribution in [3.05, 3.63) is 0 Å². The van der Waals surface area contributed by atoms with Crippen LogP contribution in [0.3, 0.4) is 0 Å². The van der Waals surface area contributed by atoms with E-state index in [-0.39, 0.29) is 17.2 Å². The summed E-state index contributed by atoms with van der Waals surface area (Å²) in [5.74, 6) is 0. The maximum Gasteiger partial charge on any atom is 0.416 e. The lowest BCUT2D eigenvalue weighted by Gasteiger charge is -2.51. The quantitative estimate of drug-likeness (QED) is 0.548. The molecule has 1 fully saturated rings. The first kappa shape index (κ1) is 15.5. The molecule has 0 aliphatic carbocycles. The van der Waals surface area contributed by atoms with Crippen LogP contribution in [0.1, 0.15) is 40.5 Å². The smallest absolute Gasteiger partial charge is 0.416 e. The van der Waals surface area contributed by atoms with Crippen LogP contribution < -0.4 is 5.32 Å². The number of alkyl carbamates (subject to hydrolysis) is 1. The third kappa shape index (κ3) is 3.71. The molecule has 104 valence electrons. The number of ether oxygens (including phenoxy) is 1. The van der Waals surface area contributed by atoms with Crippen LogP contribution in [-0.4, -0.2) is 37.6 Å². The minimum atomic E-state index is -1.40. The molecule has 0 atom stereocenters. The predicted octanol–water partition coefficient (Wildman–Crippen LogP) is 2.76. The standard InChI is InChI=1S/C11H19IN2O4/c1-10(2)5-7(6-11(3,4)14(10)12)18-9(17)13-8(15)16/h7H,5-6H2,1-4H3,(H,13,17)(H,15,16). The molecule has 1 saturated heterocycles. The second-order valence-electron chi connectivity index (χ2n) is 5.77. The second-order valence-corrected chi connectivity index (χ2v) is 6.74. The summed E-state index contributed by atoms with van der Waals surface area (Å²) >= 11 is 2.29. The van der Waals surface area contributed by atoms with Gasteiger partial charge in [-0.2, -0.15) is 0 Å². The Labute approximate surface area is 121 Å². The van der Waals surface area contributed by atoms with Crippen molar-refractivity contribution in [2.24, 2.45) is 0 Å². The van der Waals surface area contributed by atoms with Crippen LogP contribution in [0.15, 0.2) is 0 Å². The van der Waals surface area contributed by atoms with Gasteiger partial charge in [-0.15, -0.1) is 0 Å². The Kier molecular flexibility index (Phi) is 4.47. The molecule has 0 aromatic heterocycles. The van der Waals surface area contributed by atoms with E-state index in [0.717, 1.165) is 0 Å². The molecule has 1 rings (SSSR count). The monoisotopic (exact) mass is 370 g/mol. The van der Waals surface area contributed by atoms with E-state index in [2.05, 4.69) is 53.7 Å². The third-order valence-electron chi connectivity index (χ3n) is 3.00. The largest absolute Gasteiger partial charge is 0.465 e. The zero-order chi connectivity index (χ0) is 14.1. The molecule has 2 N–H and O–H groups in total. The maximum absolute atomic E-state index is 11.3. The molecule has 0 radical (unpaired) electrons. The number of amides is 2. The molecule has 0 spiro atoms. The van der Waals surface area contributed by atoms with Crippen LogP contribution in [0.25, 0.3) is 0 Å². The fourth-order valence-corrected chi connectivity index (χ4v) is 2.91. The first-order valence-corrected chi connectivity index (χ1v) is 6.68. The van der Waals surface area contributed by atoms with Gasteiger partial charge in [0.15, 0.2) is 0 Å². The fourth-order valence-electron chi connectivity index (χ4n) is 2.52. The summed E-state index contributed by atoms with van der Waals surface area (Å²) in [6.45, 7) is 8.30. The van der Waals surface area contributed by atoms with Gasteiger partial charge in [0.1, 0.15) is 6.10 Å². The van der Waals surface area contributed by atoms with Gasteiger partial charge < -0.3 is 9.84 Å². The first-order valence-electron chi connectivity index (χ1n) is 5.71. The fraction of sp³-hybridized carbons (Fsp3) is 0.818. The van der Waals surface area contributed by atoms with Crippen LogP contribution in [0.2, 0.25) is 0 Å².